The first-order valence-electron chi connectivity index (χ1n) is 7.12. The minimum Gasteiger partial charge on any atom is -0.481 e. The van der Waals surface area contributed by atoms with Gasteiger partial charge in [-0.1, -0.05) is 18.2 Å². The van der Waals surface area contributed by atoms with Gasteiger partial charge in [0.1, 0.15) is 23.2 Å². The summed E-state index contributed by atoms with van der Waals surface area (Å²) in [5.41, 5.74) is 0.508. The average Bonchev–Trinajstić information content (AvgIpc) is 2.60. The quantitative estimate of drug-likeness (QED) is 0.622. The van der Waals surface area contributed by atoms with E-state index in [0.29, 0.717) is 11.3 Å². The number of benzene rings is 2. The van der Waals surface area contributed by atoms with Crippen LogP contribution in [0.4, 0.5) is 10.1 Å². The summed E-state index contributed by atoms with van der Waals surface area (Å²) >= 11 is 0. The first kappa shape index (κ1) is 17.7. The largest absolute Gasteiger partial charge is 0.481 e. The number of carboxylic acid groups (broad SMARTS) is 1. The molecule has 2 N–H and O–H groups in total. The van der Waals surface area contributed by atoms with Crippen LogP contribution in [0.3, 0.4) is 0 Å². The number of hydrogen-bond donors (Lipinski definition) is 2. The van der Waals surface area contributed by atoms with Crippen LogP contribution in [0.5, 0.6) is 5.75 Å². The Morgan fingerprint density at radius 3 is 2.52 bits per heavy atom. The van der Waals surface area contributed by atoms with Gasteiger partial charge >= 0.3 is 5.97 Å². The van der Waals surface area contributed by atoms with Gasteiger partial charge in [-0.2, -0.15) is 5.26 Å². The van der Waals surface area contributed by atoms with Crippen molar-refractivity contribution in [2.45, 2.75) is 0 Å². The van der Waals surface area contributed by atoms with E-state index in [1.54, 1.807) is 24.3 Å². The Labute approximate surface area is 142 Å². The summed E-state index contributed by atoms with van der Waals surface area (Å²) in [5, 5.41) is 20.4. The second-order valence-electron chi connectivity index (χ2n) is 4.85. The van der Waals surface area contributed by atoms with Gasteiger partial charge in [-0.3, -0.25) is 4.79 Å². The summed E-state index contributed by atoms with van der Waals surface area (Å²) in [6.45, 7) is -0.547. The highest BCUT2D eigenvalue weighted by Gasteiger charge is 2.12. The molecular weight excluding hydrogens is 327 g/mol. The maximum absolute atomic E-state index is 12.9. The Kier molecular flexibility index (Phi) is 5.85. The number of carbonyl (C=O) groups is 2. The normalized spacial score (nSPS) is 10.6. The Morgan fingerprint density at radius 2 is 1.88 bits per heavy atom. The van der Waals surface area contributed by atoms with Gasteiger partial charge in [0.05, 0.1) is 0 Å². The number of hydrogen-bond acceptors (Lipinski definition) is 4. The lowest BCUT2D eigenvalue weighted by Gasteiger charge is -2.08. The van der Waals surface area contributed by atoms with Crippen LogP contribution in [0.15, 0.2) is 54.1 Å². The number of carbonyl (C=O) groups excluding carboxylic acids is 1. The summed E-state index contributed by atoms with van der Waals surface area (Å²) in [7, 11) is 0. The highest BCUT2D eigenvalue weighted by molar-refractivity contribution is 6.09. The number of anilines is 1. The van der Waals surface area contributed by atoms with Crippen molar-refractivity contribution < 1.29 is 23.8 Å². The zero-order valence-corrected chi connectivity index (χ0v) is 12.9. The Hall–Kier alpha value is -3.66. The maximum atomic E-state index is 12.9. The van der Waals surface area contributed by atoms with Gasteiger partial charge in [-0.05, 0) is 36.4 Å². The minimum atomic E-state index is -1.15. The molecule has 0 heterocycles. The lowest BCUT2D eigenvalue weighted by molar-refractivity contribution is -0.139. The van der Waals surface area contributed by atoms with E-state index in [1.807, 2.05) is 0 Å². The molecule has 0 aromatic heterocycles. The fourth-order valence-corrected chi connectivity index (χ4v) is 1.91. The van der Waals surface area contributed by atoms with Crippen LogP contribution in [0.2, 0.25) is 0 Å². The first-order chi connectivity index (χ1) is 12.0. The molecule has 0 radical (unpaired) electrons. The summed E-state index contributed by atoms with van der Waals surface area (Å²) in [5.74, 6) is -2.04. The lowest BCUT2D eigenvalue weighted by Crippen LogP contribution is -2.13. The van der Waals surface area contributed by atoms with Crippen molar-refractivity contribution in [1.29, 1.82) is 5.26 Å². The average molecular weight is 340 g/mol. The lowest BCUT2D eigenvalue weighted by atomic mass is 10.1. The molecule has 0 fully saturated rings. The predicted molar refractivity (Wildman–Crippen MR) is 88.2 cm³/mol. The molecule has 0 unspecified atom stereocenters. The van der Waals surface area contributed by atoms with Gasteiger partial charge < -0.3 is 15.2 Å². The van der Waals surface area contributed by atoms with Gasteiger partial charge in [0.2, 0.25) is 0 Å². The number of ether oxygens (including phenoxy) is 1. The van der Waals surface area contributed by atoms with Crippen LogP contribution >= 0.6 is 0 Å². The predicted octanol–water partition coefficient (Wildman–Crippen LogP) is 2.83. The van der Waals surface area contributed by atoms with Crippen molar-refractivity contribution in [1.82, 2.24) is 0 Å². The van der Waals surface area contributed by atoms with E-state index in [9.17, 15) is 19.2 Å². The third-order valence-corrected chi connectivity index (χ3v) is 3.04. The van der Waals surface area contributed by atoms with Gasteiger partial charge in [-0.25, -0.2) is 9.18 Å². The number of amides is 1. The summed E-state index contributed by atoms with van der Waals surface area (Å²) in [4.78, 5) is 22.8. The van der Waals surface area contributed by atoms with E-state index in [1.165, 1.54) is 36.4 Å². The van der Waals surface area contributed by atoms with Gasteiger partial charge in [0.25, 0.3) is 5.91 Å². The van der Waals surface area contributed by atoms with Crippen LogP contribution in [0, 0.1) is 17.1 Å². The molecule has 6 nitrogen and oxygen atoms in total. The van der Waals surface area contributed by atoms with Gasteiger partial charge in [0.15, 0.2) is 6.61 Å². The molecule has 0 spiro atoms. The molecule has 0 aliphatic rings. The molecule has 0 bridgehead atoms. The molecule has 0 aliphatic carbocycles. The number of carboxylic acids is 1. The third-order valence-electron chi connectivity index (χ3n) is 3.04. The van der Waals surface area contributed by atoms with Crippen molar-refractivity contribution in [2.75, 3.05) is 11.9 Å². The second-order valence-corrected chi connectivity index (χ2v) is 4.85. The van der Waals surface area contributed by atoms with Gasteiger partial charge in [-0.15, -0.1) is 0 Å². The number of rotatable bonds is 6. The summed E-state index contributed by atoms with van der Waals surface area (Å²) in [6.07, 6.45) is 1.29. The maximum Gasteiger partial charge on any atom is 0.341 e. The molecule has 0 saturated heterocycles. The third kappa shape index (κ3) is 5.18. The van der Waals surface area contributed by atoms with Crippen LogP contribution in [-0.4, -0.2) is 23.6 Å². The first-order valence-corrected chi connectivity index (χ1v) is 7.12. The number of aliphatic carboxylic acids is 1. The van der Waals surface area contributed by atoms with Crippen LogP contribution in [0.1, 0.15) is 5.56 Å². The smallest absolute Gasteiger partial charge is 0.341 e. The highest BCUT2D eigenvalue weighted by atomic mass is 19.1. The zero-order valence-electron chi connectivity index (χ0n) is 12.9. The molecule has 1 amide bonds. The van der Waals surface area contributed by atoms with Crippen molar-refractivity contribution >= 4 is 23.6 Å². The fraction of sp³-hybridized carbons (Fsp3) is 0.0556. The fourth-order valence-electron chi connectivity index (χ4n) is 1.91. The van der Waals surface area contributed by atoms with Crippen molar-refractivity contribution in [3.8, 4) is 11.8 Å². The Bertz CT molecular complexity index is 854. The molecule has 0 aliphatic heterocycles. The van der Waals surface area contributed by atoms with Crippen LogP contribution < -0.4 is 10.1 Å². The van der Waals surface area contributed by atoms with Crippen molar-refractivity contribution in [2.24, 2.45) is 0 Å². The van der Waals surface area contributed by atoms with E-state index in [4.69, 9.17) is 9.84 Å². The second kappa shape index (κ2) is 8.26. The molecule has 0 atom stereocenters. The summed E-state index contributed by atoms with van der Waals surface area (Å²) in [6, 6.07) is 13.3. The molecular formula is C18H13FN2O4. The Morgan fingerprint density at radius 1 is 1.20 bits per heavy atom. The molecule has 25 heavy (non-hydrogen) atoms. The summed E-state index contributed by atoms with van der Waals surface area (Å²) < 4.78 is 18.0. The molecule has 2 aromatic carbocycles. The number of nitrogens with zero attached hydrogens (tertiary/aromatic N) is 1. The number of halogens is 1. The molecule has 2 rings (SSSR count). The molecule has 126 valence electrons. The van der Waals surface area contributed by atoms with Crippen molar-refractivity contribution in [3.05, 3.63) is 65.5 Å². The number of para-hydroxylation sites is 1. The van der Waals surface area contributed by atoms with E-state index >= 15 is 0 Å². The monoisotopic (exact) mass is 340 g/mol. The standard InChI is InChI=1S/C18H13FN2O4/c19-14-5-7-15(8-6-14)21-18(24)13(10-20)9-12-3-1-2-4-16(12)25-11-17(22)23/h1-9H,11H2,(H,21,24)(H,22,23). The zero-order chi connectivity index (χ0) is 18.2. The minimum absolute atomic E-state index is 0.212. The van der Waals surface area contributed by atoms with Crippen LogP contribution in [0.25, 0.3) is 6.08 Å². The molecule has 7 heteroatoms. The van der Waals surface area contributed by atoms with E-state index in [2.05, 4.69) is 5.32 Å². The van der Waals surface area contributed by atoms with E-state index < -0.39 is 24.3 Å². The number of nitriles is 1. The van der Waals surface area contributed by atoms with Crippen LogP contribution in [-0.2, 0) is 9.59 Å². The SMILES string of the molecule is N#CC(=Cc1ccccc1OCC(=O)O)C(=O)Nc1ccc(F)cc1. The molecule has 2 aromatic rings. The van der Waals surface area contributed by atoms with E-state index in [-0.39, 0.29) is 11.3 Å². The molecule has 0 saturated carbocycles. The highest BCUT2D eigenvalue weighted by Crippen LogP contribution is 2.21. The van der Waals surface area contributed by atoms with Crippen molar-refractivity contribution in [3.63, 3.8) is 0 Å². The number of nitrogens with one attached hydrogen (secondary N) is 1. The van der Waals surface area contributed by atoms with Gasteiger partial charge in [0, 0.05) is 11.3 Å². The van der Waals surface area contributed by atoms with E-state index in [0.717, 1.165) is 0 Å². The topological polar surface area (TPSA) is 99.4 Å². The Balaban J connectivity index is 2.22.